The first-order chi connectivity index (χ1) is 15.1. The second-order valence-corrected chi connectivity index (χ2v) is 10.2. The summed E-state index contributed by atoms with van der Waals surface area (Å²) in [5.74, 6) is 0.712. The van der Waals surface area contributed by atoms with E-state index in [1.807, 2.05) is 11.0 Å². The Kier molecular flexibility index (Phi) is 6.20. The lowest BCUT2D eigenvalue weighted by molar-refractivity contribution is -0.134. The van der Waals surface area contributed by atoms with Crippen molar-refractivity contribution >= 4 is 33.4 Å². The fourth-order valence-corrected chi connectivity index (χ4v) is 5.66. The number of nitrogens with one attached hydrogen (secondary N) is 1. The van der Waals surface area contributed by atoms with Crippen LogP contribution in [-0.2, 0) is 9.59 Å². The van der Waals surface area contributed by atoms with Crippen LogP contribution in [0.25, 0.3) is 10.2 Å². The zero-order valence-electron chi connectivity index (χ0n) is 18.0. The van der Waals surface area contributed by atoms with Gasteiger partial charge in [0, 0.05) is 51.2 Å². The number of rotatable bonds is 6. The number of piperidine rings is 1. The van der Waals surface area contributed by atoms with Crippen molar-refractivity contribution < 1.29 is 9.59 Å². The molecule has 3 fully saturated rings. The number of hydrogen-bond acceptors (Lipinski definition) is 6. The van der Waals surface area contributed by atoms with Crippen molar-refractivity contribution in [2.24, 2.45) is 0 Å². The summed E-state index contributed by atoms with van der Waals surface area (Å²) in [6, 6.07) is 8.69. The lowest BCUT2D eigenvalue weighted by Crippen LogP contribution is -2.52. The first kappa shape index (κ1) is 20.8. The van der Waals surface area contributed by atoms with Gasteiger partial charge in [-0.2, -0.15) is 0 Å². The molecule has 3 aliphatic rings. The van der Waals surface area contributed by atoms with E-state index in [0.717, 1.165) is 75.5 Å². The highest BCUT2D eigenvalue weighted by atomic mass is 32.1. The Bertz CT molecular complexity index is 902. The summed E-state index contributed by atoms with van der Waals surface area (Å²) in [4.78, 5) is 36.3. The third-order valence-corrected chi connectivity index (χ3v) is 7.77. The second-order valence-electron chi connectivity index (χ2n) is 9.09. The fraction of sp³-hybridized carbons (Fsp3) is 0.609. The molecule has 1 aromatic heterocycles. The van der Waals surface area contributed by atoms with E-state index >= 15 is 0 Å². The van der Waals surface area contributed by atoms with E-state index in [-0.39, 0.29) is 11.8 Å². The topological polar surface area (TPSA) is 68.8 Å². The molecule has 1 aliphatic carbocycles. The number of fused-ring (bicyclic) bond motifs is 1. The maximum absolute atomic E-state index is 13.0. The molecule has 3 heterocycles. The Morgan fingerprint density at radius 2 is 1.74 bits per heavy atom. The van der Waals surface area contributed by atoms with Crippen molar-refractivity contribution in [2.75, 3.05) is 52.4 Å². The van der Waals surface area contributed by atoms with Crippen LogP contribution < -0.4 is 5.32 Å². The number of carbonyl (C=O) groups excluding carboxylic acids is 2. The minimum Gasteiger partial charge on any atom is -0.352 e. The molecule has 2 aromatic rings. The van der Waals surface area contributed by atoms with Gasteiger partial charge < -0.3 is 10.2 Å². The average molecular weight is 442 g/mol. The molecule has 2 saturated heterocycles. The molecule has 2 amide bonds. The van der Waals surface area contributed by atoms with Gasteiger partial charge in [0.15, 0.2) is 0 Å². The van der Waals surface area contributed by atoms with Crippen LogP contribution in [0.4, 0.5) is 0 Å². The van der Waals surface area contributed by atoms with Crippen molar-refractivity contribution in [2.45, 2.75) is 37.6 Å². The molecule has 0 radical (unpaired) electrons. The van der Waals surface area contributed by atoms with Crippen LogP contribution in [0.2, 0.25) is 0 Å². The number of carbonyl (C=O) groups is 2. The van der Waals surface area contributed by atoms with Gasteiger partial charge in [-0.05, 0) is 37.8 Å². The number of piperazine rings is 1. The molecule has 2 aliphatic heterocycles. The predicted molar refractivity (Wildman–Crippen MR) is 122 cm³/mol. The smallest absolute Gasteiger partial charge is 0.236 e. The molecule has 166 valence electrons. The monoisotopic (exact) mass is 441 g/mol. The summed E-state index contributed by atoms with van der Waals surface area (Å²) >= 11 is 1.77. The molecule has 5 rings (SSSR count). The molecule has 1 unspecified atom stereocenters. The highest BCUT2D eigenvalue weighted by molar-refractivity contribution is 7.18. The Morgan fingerprint density at radius 3 is 2.48 bits per heavy atom. The summed E-state index contributed by atoms with van der Waals surface area (Å²) in [6.07, 6.45) is 4.39. The number of benzene rings is 1. The molecule has 1 saturated carbocycles. The SMILES string of the molecule is O=C(CN1CCN(CC(=O)N2CCCC(c3nc4ccccc4s3)C2)CC1)NC1CC1. The first-order valence-electron chi connectivity index (χ1n) is 11.5. The van der Waals surface area contributed by atoms with Gasteiger partial charge >= 0.3 is 0 Å². The van der Waals surface area contributed by atoms with Crippen LogP contribution in [0.1, 0.15) is 36.6 Å². The largest absolute Gasteiger partial charge is 0.352 e. The third kappa shape index (κ3) is 5.25. The Labute approximate surface area is 187 Å². The van der Waals surface area contributed by atoms with Crippen LogP contribution in [0, 0.1) is 0 Å². The van der Waals surface area contributed by atoms with Crippen LogP contribution in [0.3, 0.4) is 0 Å². The van der Waals surface area contributed by atoms with Gasteiger partial charge in [-0.25, -0.2) is 4.98 Å². The maximum Gasteiger partial charge on any atom is 0.236 e. The molecular formula is C23H31N5O2S. The van der Waals surface area contributed by atoms with Crippen molar-refractivity contribution in [1.29, 1.82) is 0 Å². The second kappa shape index (κ2) is 9.22. The number of hydrogen-bond donors (Lipinski definition) is 1. The molecule has 31 heavy (non-hydrogen) atoms. The zero-order valence-corrected chi connectivity index (χ0v) is 18.8. The first-order valence-corrected chi connectivity index (χ1v) is 12.3. The van der Waals surface area contributed by atoms with Gasteiger partial charge in [0.2, 0.25) is 11.8 Å². The molecule has 1 aromatic carbocycles. The zero-order chi connectivity index (χ0) is 21.2. The number of amides is 2. The van der Waals surface area contributed by atoms with Crippen LogP contribution in [0.15, 0.2) is 24.3 Å². The van der Waals surface area contributed by atoms with Gasteiger partial charge in [0.1, 0.15) is 0 Å². The van der Waals surface area contributed by atoms with Gasteiger partial charge in [0.25, 0.3) is 0 Å². The van der Waals surface area contributed by atoms with Crippen molar-refractivity contribution in [3.05, 3.63) is 29.3 Å². The Hall–Kier alpha value is -2.03. The molecular weight excluding hydrogens is 410 g/mol. The van der Waals surface area contributed by atoms with E-state index in [9.17, 15) is 9.59 Å². The van der Waals surface area contributed by atoms with E-state index in [1.165, 1.54) is 4.70 Å². The molecule has 8 heteroatoms. The summed E-state index contributed by atoms with van der Waals surface area (Å²) in [6.45, 7) is 5.97. The normalized spacial score (nSPS) is 23.2. The van der Waals surface area contributed by atoms with Gasteiger partial charge in [0.05, 0.1) is 28.3 Å². The highest BCUT2D eigenvalue weighted by Crippen LogP contribution is 2.33. The van der Waals surface area contributed by atoms with E-state index in [0.29, 0.717) is 25.0 Å². The lowest BCUT2D eigenvalue weighted by Gasteiger charge is -2.37. The number of thiazole rings is 1. The van der Waals surface area contributed by atoms with E-state index < -0.39 is 0 Å². The molecule has 7 nitrogen and oxygen atoms in total. The maximum atomic E-state index is 13.0. The molecule has 0 bridgehead atoms. The quantitative estimate of drug-likeness (QED) is 0.742. The Morgan fingerprint density at radius 1 is 1.00 bits per heavy atom. The standard InChI is InChI=1S/C23H31N5O2S/c29-21(24-18-7-8-18)15-26-10-12-27(13-11-26)16-22(30)28-9-3-4-17(14-28)23-25-19-5-1-2-6-20(19)31-23/h1-2,5-6,17-18H,3-4,7-16H2,(H,24,29). The molecule has 0 spiro atoms. The summed E-state index contributed by atoms with van der Waals surface area (Å²) < 4.78 is 1.23. The fourth-order valence-electron chi connectivity index (χ4n) is 4.57. The number of nitrogens with zero attached hydrogens (tertiary/aromatic N) is 4. The predicted octanol–water partition coefficient (Wildman–Crippen LogP) is 1.90. The van der Waals surface area contributed by atoms with Gasteiger partial charge in [-0.1, -0.05) is 12.1 Å². The number of likely N-dealkylation sites (tertiary alicyclic amines) is 1. The van der Waals surface area contributed by atoms with Crippen molar-refractivity contribution in [1.82, 2.24) is 25.0 Å². The summed E-state index contributed by atoms with van der Waals surface area (Å²) in [5, 5.41) is 4.22. The number of para-hydroxylation sites is 1. The minimum atomic E-state index is 0.140. The van der Waals surface area contributed by atoms with Crippen LogP contribution in [-0.4, -0.2) is 89.9 Å². The number of aromatic nitrogens is 1. The molecule has 1 N–H and O–H groups in total. The lowest BCUT2D eigenvalue weighted by atomic mass is 9.98. The third-order valence-electron chi connectivity index (χ3n) is 6.57. The van der Waals surface area contributed by atoms with Gasteiger partial charge in [-0.3, -0.25) is 19.4 Å². The van der Waals surface area contributed by atoms with E-state index in [1.54, 1.807) is 11.3 Å². The van der Waals surface area contributed by atoms with Crippen LogP contribution in [0.5, 0.6) is 0 Å². The van der Waals surface area contributed by atoms with E-state index in [4.69, 9.17) is 4.98 Å². The highest BCUT2D eigenvalue weighted by Gasteiger charge is 2.29. The Balaban J connectivity index is 1.10. The summed E-state index contributed by atoms with van der Waals surface area (Å²) in [5.41, 5.74) is 1.06. The van der Waals surface area contributed by atoms with Gasteiger partial charge in [-0.15, -0.1) is 11.3 Å². The van der Waals surface area contributed by atoms with Crippen molar-refractivity contribution in [3.63, 3.8) is 0 Å². The molecule has 1 atom stereocenters. The average Bonchev–Trinajstić information content (AvgIpc) is 3.48. The summed E-state index contributed by atoms with van der Waals surface area (Å²) in [7, 11) is 0. The van der Waals surface area contributed by atoms with E-state index in [2.05, 4.69) is 33.3 Å². The van der Waals surface area contributed by atoms with Crippen LogP contribution >= 0.6 is 11.3 Å². The minimum absolute atomic E-state index is 0.140. The van der Waals surface area contributed by atoms with Crippen molar-refractivity contribution in [3.8, 4) is 0 Å².